The van der Waals surface area contributed by atoms with Gasteiger partial charge in [-0.05, 0) is 236 Å². The van der Waals surface area contributed by atoms with Crippen LogP contribution in [0.2, 0.25) is 236 Å². The molecule has 0 amide bonds. The van der Waals surface area contributed by atoms with Crippen LogP contribution in [-0.2, 0) is 72.2 Å². The molecule has 83 heavy (non-hydrogen) atoms. The Labute approximate surface area is 521 Å². The van der Waals surface area contributed by atoms with E-state index in [9.17, 15) is 0 Å². The standard InChI is InChI=1S/C54H129NO16Si12/c1-72(2,3)56-38-42-46(65-77(16,17)18)49(62-54-52(70-82(31,32)33)50(68-80(25,26)27)47(66-78(19,20)21)43(60-54)39-57-73(4,5)6)51(69-81(28,29)30)53(59-42)61-45(41(63-75(10,11)12)37-55-71-83(34,35)36)48(67-79(22,23)24)44(64-76(13,14)15)40-58-74(7,8)9/h37,41-54H,38-40H2,1-36H3/b55-37+/t41-,42+,43+,44+,45+,46+,47+,48-,49-,50-,51+,52+,53+,54+/m1/s1. The number of nitrogens with zero attached hydrogens (tertiary/aromatic N) is 1. The fraction of sp³-hybridized carbons (Fsp3) is 0.981. The molecule has 0 unspecified atom stereocenters. The summed E-state index contributed by atoms with van der Waals surface area (Å²) in [7, 11) is -27.9. The van der Waals surface area contributed by atoms with E-state index in [-0.39, 0.29) is 19.8 Å². The zero-order chi connectivity index (χ0) is 64.9. The van der Waals surface area contributed by atoms with Gasteiger partial charge in [-0.15, -0.1) is 5.16 Å². The van der Waals surface area contributed by atoms with E-state index in [0.717, 1.165) is 0 Å². The lowest BCUT2D eigenvalue weighted by Crippen LogP contribution is -2.70. The smallest absolute Gasteiger partial charge is 0.278 e. The minimum atomic E-state index is -2.60. The Morgan fingerprint density at radius 3 is 1.05 bits per heavy atom. The van der Waals surface area contributed by atoms with Crippen LogP contribution in [0.15, 0.2) is 5.16 Å². The highest BCUT2D eigenvalue weighted by molar-refractivity contribution is 6.73. The summed E-state index contributed by atoms with van der Waals surface area (Å²) < 4.78 is 117. The van der Waals surface area contributed by atoms with Crippen molar-refractivity contribution < 1.29 is 72.2 Å². The topological polar surface area (TPSA) is 160 Å². The zero-order valence-corrected chi connectivity index (χ0v) is 71.8. The molecule has 2 heterocycles. The lowest BCUT2D eigenvalue weighted by molar-refractivity contribution is -0.359. The number of rotatable bonds is 35. The van der Waals surface area contributed by atoms with Crippen molar-refractivity contribution in [3.8, 4) is 0 Å². The van der Waals surface area contributed by atoms with Crippen LogP contribution in [0.5, 0.6) is 0 Å². The molecule has 2 rings (SSSR count). The van der Waals surface area contributed by atoms with Gasteiger partial charge in [-0.1, -0.05) is 0 Å². The Balaban J connectivity index is 3.45. The van der Waals surface area contributed by atoms with Crippen molar-refractivity contribution in [3.63, 3.8) is 0 Å². The molecule has 0 radical (unpaired) electrons. The van der Waals surface area contributed by atoms with E-state index in [1.54, 1.807) is 6.21 Å². The van der Waals surface area contributed by atoms with Crippen LogP contribution in [0, 0.1) is 0 Å². The van der Waals surface area contributed by atoms with Crippen molar-refractivity contribution in [2.75, 3.05) is 19.8 Å². The molecule has 17 nitrogen and oxygen atoms in total. The van der Waals surface area contributed by atoms with E-state index >= 15 is 0 Å². The molecule has 0 bridgehead atoms. The van der Waals surface area contributed by atoms with Gasteiger partial charge in [0.2, 0.25) is 0 Å². The minimum Gasteiger partial charge on any atom is -0.456 e. The van der Waals surface area contributed by atoms with Crippen LogP contribution in [0.3, 0.4) is 0 Å². The fourth-order valence-electron chi connectivity index (χ4n) is 9.01. The molecule has 0 aromatic heterocycles. The lowest BCUT2D eigenvalue weighted by Gasteiger charge is -2.54. The SMILES string of the molecule is C[Si](C)(C)OC[C@@H]1O[C@@H](O[C@H]([C@H](O[Si](C)(C)C)[C@H](CO[Si](C)(C)C)O[Si](C)(C)C)[C@@H](/C=N/O[Si](C)(C)C)O[Si](C)(C)C)[C@@H](O[Si](C)(C)C)[C@H](O[C@@H]2O[C@@H](CO[Si](C)(C)C)[C@H](O[Si](C)(C)C)[C@@H](O[Si](C)(C)C)[C@@H]2O[Si](C)(C)C)[C@H]1O[Si](C)(C)C. The Morgan fingerprint density at radius 2 is 0.687 bits per heavy atom. The normalized spacial score (nSPS) is 27.2. The van der Waals surface area contributed by atoms with Crippen molar-refractivity contribution in [2.24, 2.45) is 5.16 Å². The summed E-state index contributed by atoms with van der Waals surface area (Å²) in [4.78, 5) is 0. The molecular formula is C54H129NO16Si12. The van der Waals surface area contributed by atoms with E-state index in [2.05, 4.69) is 236 Å². The summed E-state index contributed by atoms with van der Waals surface area (Å²) in [5, 5.41) is 4.75. The number of hydrogen-bond acceptors (Lipinski definition) is 17. The molecule has 494 valence electrons. The van der Waals surface area contributed by atoms with E-state index in [0.29, 0.717) is 0 Å². The van der Waals surface area contributed by atoms with E-state index < -0.39 is 186 Å². The molecule has 2 aliphatic heterocycles. The summed E-state index contributed by atoms with van der Waals surface area (Å²) in [6.45, 7) is 79.6. The molecule has 0 spiro atoms. The van der Waals surface area contributed by atoms with Gasteiger partial charge in [0.15, 0.2) is 104 Å². The van der Waals surface area contributed by atoms with Crippen molar-refractivity contribution in [1.82, 2.24) is 0 Å². The van der Waals surface area contributed by atoms with E-state index in [4.69, 9.17) is 77.3 Å². The van der Waals surface area contributed by atoms with Gasteiger partial charge in [-0.25, -0.2) is 0 Å². The highest BCUT2D eigenvalue weighted by Crippen LogP contribution is 2.41. The first kappa shape index (κ1) is 80.6. The third kappa shape index (κ3) is 34.6. The van der Waals surface area contributed by atoms with Crippen LogP contribution >= 0.6 is 0 Å². The summed E-state index contributed by atoms with van der Waals surface area (Å²) in [6.07, 6.45) is -9.04. The van der Waals surface area contributed by atoms with Gasteiger partial charge in [0.1, 0.15) is 67.1 Å². The average Bonchev–Trinajstić information content (AvgIpc) is 3.18. The predicted octanol–water partition coefficient (Wildman–Crippen LogP) is 14.4. The molecule has 0 aromatic carbocycles. The molecule has 0 N–H and O–H groups in total. The van der Waals surface area contributed by atoms with Crippen molar-refractivity contribution in [3.05, 3.63) is 0 Å². The van der Waals surface area contributed by atoms with E-state index in [1.165, 1.54) is 0 Å². The second-order valence-electron chi connectivity index (χ2n) is 34.6. The van der Waals surface area contributed by atoms with Crippen LogP contribution in [0.25, 0.3) is 0 Å². The summed E-state index contributed by atoms with van der Waals surface area (Å²) >= 11 is 0. The molecule has 0 aromatic rings. The van der Waals surface area contributed by atoms with Crippen LogP contribution in [0.1, 0.15) is 0 Å². The molecule has 29 heteroatoms. The first-order valence-corrected chi connectivity index (χ1v) is 71.7. The maximum atomic E-state index is 7.94. The van der Waals surface area contributed by atoms with Gasteiger partial charge >= 0.3 is 0 Å². The quantitative estimate of drug-likeness (QED) is 0.0335. The second kappa shape index (κ2) is 30.5. The Hall–Kier alpha value is 1.47. The maximum Gasteiger partial charge on any atom is 0.278 e. The molecule has 0 saturated carbocycles. The zero-order valence-electron chi connectivity index (χ0n) is 59.8. The molecule has 2 aliphatic rings. The second-order valence-corrected chi connectivity index (χ2v) is 88.3. The minimum absolute atomic E-state index is 0.204. The van der Waals surface area contributed by atoms with Crippen molar-refractivity contribution in [2.45, 2.75) is 322 Å². The van der Waals surface area contributed by atoms with Gasteiger partial charge in [0.25, 0.3) is 8.32 Å². The summed E-state index contributed by atoms with van der Waals surface area (Å²) in [5.74, 6) is 0. The highest BCUT2D eigenvalue weighted by Gasteiger charge is 2.59. The number of ether oxygens (including phenoxy) is 4. The monoisotopic (exact) mass is 1380 g/mol. The van der Waals surface area contributed by atoms with Crippen molar-refractivity contribution in [1.29, 1.82) is 0 Å². The van der Waals surface area contributed by atoms with Gasteiger partial charge in [-0.3, -0.25) is 0 Å². The Bertz CT molecular complexity index is 1960. The molecule has 2 fully saturated rings. The third-order valence-corrected chi connectivity index (χ3v) is 22.9. The molecular weight excluding hydrogens is 1260 g/mol. The van der Waals surface area contributed by atoms with Crippen LogP contribution in [-0.4, -0.2) is 212 Å². The van der Waals surface area contributed by atoms with E-state index in [1.807, 2.05) is 0 Å². The largest absolute Gasteiger partial charge is 0.456 e. The van der Waals surface area contributed by atoms with Crippen molar-refractivity contribution >= 4 is 106 Å². The Kier molecular flexibility index (Phi) is 29.6. The van der Waals surface area contributed by atoms with Crippen LogP contribution in [0.4, 0.5) is 0 Å². The summed E-state index contributed by atoms with van der Waals surface area (Å²) in [6, 6.07) is 0. The van der Waals surface area contributed by atoms with Gasteiger partial charge < -0.3 is 72.2 Å². The molecule has 0 aliphatic carbocycles. The third-order valence-electron chi connectivity index (χ3n) is 11.3. The first-order chi connectivity index (χ1) is 36.6. The highest BCUT2D eigenvalue weighted by atomic mass is 28.4. The van der Waals surface area contributed by atoms with Crippen LogP contribution < -0.4 is 0 Å². The maximum absolute atomic E-state index is 7.94. The lowest BCUT2D eigenvalue weighted by atomic mass is 9.96. The fourth-order valence-corrected chi connectivity index (χ4v) is 20.0. The first-order valence-electron chi connectivity index (χ1n) is 30.8. The van der Waals surface area contributed by atoms with Gasteiger partial charge in [0, 0.05) is 0 Å². The molecule has 2 saturated heterocycles. The number of oxime groups is 1. The Morgan fingerprint density at radius 1 is 0.337 bits per heavy atom. The number of hydrogen-bond donors (Lipinski definition) is 0. The molecule has 14 atom stereocenters. The van der Waals surface area contributed by atoms with Gasteiger partial charge in [0.05, 0.1) is 32.1 Å². The predicted molar refractivity (Wildman–Crippen MR) is 374 cm³/mol. The summed E-state index contributed by atoms with van der Waals surface area (Å²) in [5.41, 5.74) is 0. The van der Waals surface area contributed by atoms with Gasteiger partial charge in [-0.2, -0.15) is 0 Å². The average molecular weight is 1390 g/mol.